The Labute approximate surface area is 117 Å². The molecule has 0 N–H and O–H groups in total. The average Bonchev–Trinajstić information content (AvgIpc) is 2.41. The first-order chi connectivity index (χ1) is 8.40. The van der Waals surface area contributed by atoms with E-state index < -0.39 is 8.32 Å². The molecule has 0 spiro atoms. The monoisotopic (exact) mass is 272 g/mol. The fourth-order valence-corrected chi connectivity index (χ4v) is 9.58. The molecule has 4 atom stereocenters. The Morgan fingerprint density at radius 2 is 1.00 bits per heavy atom. The van der Waals surface area contributed by atoms with Crippen LogP contribution in [0.5, 0.6) is 0 Å². The highest BCUT2D eigenvalue weighted by Crippen LogP contribution is 2.47. The van der Waals surface area contributed by atoms with Gasteiger partial charge in [0, 0.05) is 6.10 Å². The Morgan fingerprint density at radius 3 is 1.22 bits per heavy atom. The van der Waals surface area contributed by atoms with Crippen molar-refractivity contribution in [2.75, 3.05) is 0 Å². The Balaban J connectivity index is 5.39. The zero-order valence-electron chi connectivity index (χ0n) is 14.0. The molecule has 0 amide bonds. The van der Waals surface area contributed by atoms with Gasteiger partial charge in [-0.3, -0.25) is 0 Å². The molecule has 0 aliphatic rings. The summed E-state index contributed by atoms with van der Waals surface area (Å²) in [5.41, 5.74) is 2.28. The van der Waals surface area contributed by atoms with Gasteiger partial charge in [-0.25, -0.2) is 0 Å². The lowest BCUT2D eigenvalue weighted by molar-refractivity contribution is 0.182. The van der Waals surface area contributed by atoms with Crippen LogP contribution in [0.3, 0.4) is 0 Å². The van der Waals surface area contributed by atoms with Crippen LogP contribution in [0.15, 0.2) is 0 Å². The molecule has 0 aliphatic heterocycles. The molecule has 1 nitrogen and oxygen atoms in total. The third kappa shape index (κ3) is 3.83. The number of rotatable bonds is 9. The van der Waals surface area contributed by atoms with Crippen LogP contribution in [0.4, 0.5) is 0 Å². The van der Waals surface area contributed by atoms with E-state index in [1.165, 1.54) is 19.3 Å². The summed E-state index contributed by atoms with van der Waals surface area (Å²) in [5, 5.41) is 0. The van der Waals surface area contributed by atoms with Gasteiger partial charge in [0.2, 0.25) is 8.32 Å². The molecule has 110 valence electrons. The van der Waals surface area contributed by atoms with Gasteiger partial charge < -0.3 is 4.43 Å². The van der Waals surface area contributed by atoms with E-state index in [0.29, 0.717) is 6.10 Å². The zero-order chi connectivity index (χ0) is 14.3. The smallest absolute Gasteiger partial charge is 0.201 e. The lowest BCUT2D eigenvalue weighted by Gasteiger charge is -2.47. The van der Waals surface area contributed by atoms with Gasteiger partial charge in [0.05, 0.1) is 0 Å². The molecule has 0 saturated heterocycles. The Hall–Kier alpha value is 0.177. The van der Waals surface area contributed by atoms with Crippen molar-refractivity contribution < 1.29 is 4.43 Å². The van der Waals surface area contributed by atoms with Crippen LogP contribution in [-0.4, -0.2) is 14.4 Å². The highest BCUT2D eigenvalue weighted by Gasteiger charge is 2.48. The molecule has 4 unspecified atom stereocenters. The van der Waals surface area contributed by atoms with Crippen LogP contribution >= 0.6 is 0 Å². The Morgan fingerprint density at radius 1 is 0.667 bits per heavy atom. The van der Waals surface area contributed by atoms with E-state index in [-0.39, 0.29) is 0 Å². The van der Waals surface area contributed by atoms with Crippen LogP contribution in [0.1, 0.15) is 81.1 Å². The molecule has 0 radical (unpaired) electrons. The van der Waals surface area contributed by atoms with E-state index >= 15 is 0 Å². The van der Waals surface area contributed by atoms with Crippen molar-refractivity contribution in [1.29, 1.82) is 0 Å². The number of hydrogen-bond donors (Lipinski definition) is 0. The molecule has 0 saturated carbocycles. The maximum atomic E-state index is 6.78. The lowest BCUT2D eigenvalue weighted by atomic mass is 10.3. The van der Waals surface area contributed by atoms with Crippen molar-refractivity contribution in [2.45, 2.75) is 104 Å². The highest BCUT2D eigenvalue weighted by atomic mass is 28.4. The number of hydrogen-bond acceptors (Lipinski definition) is 1. The summed E-state index contributed by atoms with van der Waals surface area (Å²) in [7, 11) is -1.69. The second kappa shape index (κ2) is 8.37. The fourth-order valence-electron chi connectivity index (χ4n) is 3.19. The van der Waals surface area contributed by atoms with Crippen molar-refractivity contribution in [3.63, 3.8) is 0 Å². The van der Waals surface area contributed by atoms with Crippen LogP contribution in [0.2, 0.25) is 16.6 Å². The van der Waals surface area contributed by atoms with E-state index in [1.807, 2.05) is 0 Å². The van der Waals surface area contributed by atoms with E-state index in [1.54, 1.807) is 0 Å². The lowest BCUT2D eigenvalue weighted by Crippen LogP contribution is -2.51. The van der Waals surface area contributed by atoms with Gasteiger partial charge in [0.15, 0.2) is 0 Å². The molecule has 0 aromatic rings. The Bertz CT molecular complexity index is 191. The predicted molar refractivity (Wildman–Crippen MR) is 85.7 cm³/mol. The largest absolute Gasteiger partial charge is 0.413 e. The average molecular weight is 273 g/mol. The summed E-state index contributed by atoms with van der Waals surface area (Å²) in [6.07, 6.45) is 5.35. The maximum absolute atomic E-state index is 6.78. The van der Waals surface area contributed by atoms with Crippen LogP contribution < -0.4 is 0 Å². The molecule has 18 heavy (non-hydrogen) atoms. The van der Waals surface area contributed by atoms with E-state index in [4.69, 9.17) is 4.43 Å². The van der Waals surface area contributed by atoms with E-state index in [2.05, 4.69) is 55.4 Å². The molecule has 0 bridgehead atoms. The topological polar surface area (TPSA) is 9.23 Å². The van der Waals surface area contributed by atoms with Crippen LogP contribution in [0, 0.1) is 0 Å². The summed E-state index contributed by atoms with van der Waals surface area (Å²) in [6.45, 7) is 18.8. The highest BCUT2D eigenvalue weighted by molar-refractivity contribution is 6.78. The van der Waals surface area contributed by atoms with Gasteiger partial charge in [0.25, 0.3) is 0 Å². The van der Waals surface area contributed by atoms with Crippen molar-refractivity contribution in [3.8, 4) is 0 Å². The summed E-state index contributed by atoms with van der Waals surface area (Å²) < 4.78 is 6.78. The van der Waals surface area contributed by atoms with Crippen molar-refractivity contribution in [1.82, 2.24) is 0 Å². The van der Waals surface area contributed by atoms with Gasteiger partial charge >= 0.3 is 0 Å². The summed E-state index contributed by atoms with van der Waals surface area (Å²) >= 11 is 0. The minimum atomic E-state index is -1.69. The maximum Gasteiger partial charge on any atom is 0.201 e. The Kier molecular flexibility index (Phi) is 8.45. The van der Waals surface area contributed by atoms with Crippen LogP contribution in [0.25, 0.3) is 0 Å². The molecular weight excluding hydrogens is 236 g/mol. The first-order valence-corrected chi connectivity index (χ1v) is 10.2. The van der Waals surface area contributed by atoms with Gasteiger partial charge in [-0.1, -0.05) is 67.7 Å². The molecule has 0 aliphatic carbocycles. The molecule has 0 rings (SSSR count). The standard InChI is InChI=1S/C16H36OSi/c1-9-13(5)17-18(14(6)10-2,15(7)11-3)16(8)12-4/h13-16H,9-12H2,1-8H3. The van der Waals surface area contributed by atoms with Crippen LogP contribution in [-0.2, 0) is 4.43 Å². The van der Waals surface area contributed by atoms with Crippen molar-refractivity contribution in [3.05, 3.63) is 0 Å². The third-order valence-corrected chi connectivity index (χ3v) is 11.8. The molecule has 0 fully saturated rings. The fraction of sp³-hybridized carbons (Fsp3) is 1.00. The molecular formula is C16H36OSi. The summed E-state index contributed by atoms with van der Waals surface area (Å²) in [6, 6.07) is 0. The summed E-state index contributed by atoms with van der Waals surface area (Å²) in [5.74, 6) is 0. The molecule has 0 heterocycles. The third-order valence-electron chi connectivity index (χ3n) is 5.13. The first kappa shape index (κ1) is 18.2. The molecule has 2 heteroatoms. The quantitative estimate of drug-likeness (QED) is 0.458. The van der Waals surface area contributed by atoms with Gasteiger partial charge in [-0.15, -0.1) is 0 Å². The van der Waals surface area contributed by atoms with Gasteiger partial charge in [-0.2, -0.15) is 0 Å². The second-order valence-corrected chi connectivity index (χ2v) is 11.0. The van der Waals surface area contributed by atoms with Crippen molar-refractivity contribution >= 4 is 8.32 Å². The first-order valence-electron chi connectivity index (χ1n) is 8.08. The van der Waals surface area contributed by atoms with E-state index in [9.17, 15) is 0 Å². The van der Waals surface area contributed by atoms with Crippen molar-refractivity contribution in [2.24, 2.45) is 0 Å². The van der Waals surface area contributed by atoms with E-state index in [0.717, 1.165) is 23.0 Å². The SMILES string of the molecule is CCC(C)O[Si](C(C)CC)(C(C)CC)C(C)CC. The summed E-state index contributed by atoms with van der Waals surface area (Å²) in [4.78, 5) is 0. The normalized spacial score (nSPS) is 22.0. The minimum absolute atomic E-state index is 0.425. The van der Waals surface area contributed by atoms with Gasteiger partial charge in [-0.05, 0) is 30.0 Å². The van der Waals surface area contributed by atoms with Gasteiger partial charge in [0.1, 0.15) is 0 Å². The molecule has 0 aromatic heterocycles. The molecule has 0 aromatic carbocycles. The predicted octanol–water partition coefficient (Wildman–Crippen LogP) is 6.15. The zero-order valence-corrected chi connectivity index (χ0v) is 15.0. The minimum Gasteiger partial charge on any atom is -0.413 e. The second-order valence-electron chi connectivity index (χ2n) is 6.12.